The molecule has 0 saturated heterocycles. The molecule has 5 saturated carbocycles. The highest BCUT2D eigenvalue weighted by atomic mass is 14.8. The second-order valence-electron chi connectivity index (χ2n) is 6.19. The summed E-state index contributed by atoms with van der Waals surface area (Å²) in [5.74, 6) is 6.52. The van der Waals surface area contributed by atoms with Gasteiger partial charge in [-0.2, -0.15) is 0 Å². The van der Waals surface area contributed by atoms with Crippen LogP contribution in [0.25, 0.3) is 0 Å². The summed E-state index contributed by atoms with van der Waals surface area (Å²) in [5, 5.41) is 0. The van der Waals surface area contributed by atoms with Gasteiger partial charge >= 0.3 is 0 Å². The van der Waals surface area contributed by atoms with Gasteiger partial charge in [0.25, 0.3) is 0 Å². The average molecular weight is 178 g/mol. The van der Waals surface area contributed by atoms with E-state index in [9.17, 15) is 0 Å². The second-order valence-corrected chi connectivity index (χ2v) is 6.19. The van der Waals surface area contributed by atoms with E-state index in [1.54, 1.807) is 6.42 Å². The van der Waals surface area contributed by atoms with Crippen LogP contribution in [0.1, 0.15) is 40.5 Å². The molecule has 74 valence electrons. The highest BCUT2D eigenvalue weighted by Gasteiger charge is 2.80. The lowest BCUT2D eigenvalue weighted by atomic mass is 9.34. The molecule has 6 atom stereocenters. The largest absolute Gasteiger partial charge is 0.0648 e. The van der Waals surface area contributed by atoms with Crippen molar-refractivity contribution >= 4 is 0 Å². The van der Waals surface area contributed by atoms with Crippen LogP contribution < -0.4 is 0 Å². The molecule has 4 bridgehead atoms. The van der Waals surface area contributed by atoms with E-state index in [0.717, 1.165) is 35.0 Å². The van der Waals surface area contributed by atoms with E-state index in [2.05, 4.69) is 27.7 Å². The molecule has 5 fully saturated rings. The van der Waals surface area contributed by atoms with Crippen LogP contribution in [-0.2, 0) is 0 Å². The lowest BCUT2D eigenvalue weighted by molar-refractivity contribution is -0.228. The molecule has 0 amide bonds. The van der Waals surface area contributed by atoms with E-state index in [4.69, 9.17) is 0 Å². The van der Waals surface area contributed by atoms with Gasteiger partial charge in [0, 0.05) is 0 Å². The molecule has 0 aromatic carbocycles. The third-order valence-electron chi connectivity index (χ3n) is 5.88. The normalized spacial score (nSPS) is 62.1. The van der Waals surface area contributed by atoms with Crippen molar-refractivity contribution in [3.63, 3.8) is 0 Å². The van der Waals surface area contributed by atoms with E-state index in [0.29, 0.717) is 0 Å². The molecule has 0 aromatic rings. The third-order valence-corrected chi connectivity index (χ3v) is 5.88. The number of fused-ring (bicyclic) bond motifs is 1. The van der Waals surface area contributed by atoms with Gasteiger partial charge in [0.05, 0.1) is 0 Å². The molecule has 0 heteroatoms. The molecule has 0 aromatic heterocycles. The zero-order chi connectivity index (χ0) is 9.38. The van der Waals surface area contributed by atoms with Crippen LogP contribution in [0.3, 0.4) is 0 Å². The number of rotatable bonds is 2. The highest BCUT2D eigenvalue weighted by molar-refractivity contribution is 5.27. The summed E-state index contributed by atoms with van der Waals surface area (Å²) in [4.78, 5) is 0. The molecule has 0 spiro atoms. The molecule has 0 heterocycles. The van der Waals surface area contributed by atoms with E-state index in [-0.39, 0.29) is 0 Å². The van der Waals surface area contributed by atoms with Gasteiger partial charge < -0.3 is 0 Å². The van der Waals surface area contributed by atoms with Crippen LogP contribution in [0.2, 0.25) is 0 Å². The standard InChI is InChI=1S/C13H22/c1-5-13-6-9-11(13)8(4)10(7(2)3)12(9)13/h7-12H,5-6H2,1-4H3. The van der Waals surface area contributed by atoms with Gasteiger partial charge in [0.1, 0.15) is 0 Å². The Morgan fingerprint density at radius 1 is 1.31 bits per heavy atom. The van der Waals surface area contributed by atoms with Gasteiger partial charge in [-0.1, -0.05) is 27.7 Å². The molecule has 0 radical (unpaired) electrons. The van der Waals surface area contributed by atoms with Crippen molar-refractivity contribution in [2.24, 2.45) is 40.9 Å². The summed E-state index contributed by atoms with van der Waals surface area (Å²) < 4.78 is 0. The van der Waals surface area contributed by atoms with Gasteiger partial charge in [-0.25, -0.2) is 0 Å². The summed E-state index contributed by atoms with van der Waals surface area (Å²) in [5.41, 5.74) is 0.860. The molecule has 13 heavy (non-hydrogen) atoms. The number of hydrogen-bond donors (Lipinski definition) is 0. The minimum Gasteiger partial charge on any atom is -0.0648 e. The minimum absolute atomic E-state index is 0.860. The predicted molar refractivity (Wildman–Crippen MR) is 55.3 cm³/mol. The molecule has 5 aliphatic carbocycles. The van der Waals surface area contributed by atoms with E-state index < -0.39 is 0 Å². The van der Waals surface area contributed by atoms with Crippen molar-refractivity contribution < 1.29 is 0 Å². The Labute approximate surface area is 82.1 Å². The first-order valence-electron chi connectivity index (χ1n) is 6.13. The Bertz CT molecular complexity index is 238. The van der Waals surface area contributed by atoms with Crippen molar-refractivity contribution in [3.8, 4) is 0 Å². The lowest BCUT2D eigenvalue weighted by Gasteiger charge is -2.71. The molecular weight excluding hydrogens is 156 g/mol. The Morgan fingerprint density at radius 2 is 2.00 bits per heavy atom. The Balaban J connectivity index is 1.90. The first-order chi connectivity index (χ1) is 6.13. The zero-order valence-electron chi connectivity index (χ0n) is 9.38. The summed E-state index contributed by atoms with van der Waals surface area (Å²) in [6, 6.07) is 0. The number of hydrogen-bond acceptors (Lipinski definition) is 0. The van der Waals surface area contributed by atoms with Gasteiger partial charge in [0.15, 0.2) is 0 Å². The SMILES string of the molecule is CCC12CC3C1C(C)C(C(C)C)C32. The predicted octanol–water partition coefficient (Wildman–Crippen LogP) is 3.57. The summed E-state index contributed by atoms with van der Waals surface area (Å²) in [7, 11) is 0. The van der Waals surface area contributed by atoms with Crippen LogP contribution in [0, 0.1) is 40.9 Å². The monoisotopic (exact) mass is 178 g/mol. The fourth-order valence-corrected chi connectivity index (χ4v) is 5.61. The molecule has 5 aliphatic rings. The summed E-state index contributed by atoms with van der Waals surface area (Å²) in [6.07, 6.45) is 3.05. The van der Waals surface area contributed by atoms with E-state index in [1.807, 2.05) is 0 Å². The molecule has 0 N–H and O–H groups in total. The fraction of sp³-hybridized carbons (Fsp3) is 1.00. The van der Waals surface area contributed by atoms with Crippen LogP contribution in [0.4, 0.5) is 0 Å². The van der Waals surface area contributed by atoms with Crippen LogP contribution >= 0.6 is 0 Å². The maximum atomic E-state index is 2.53. The Morgan fingerprint density at radius 3 is 2.31 bits per heavy atom. The molecular formula is C13H22. The fourth-order valence-electron chi connectivity index (χ4n) is 5.61. The van der Waals surface area contributed by atoms with Gasteiger partial charge in [-0.3, -0.25) is 0 Å². The maximum absolute atomic E-state index is 2.53. The summed E-state index contributed by atoms with van der Waals surface area (Å²) >= 11 is 0. The lowest BCUT2D eigenvalue weighted by Crippen LogP contribution is -2.65. The topological polar surface area (TPSA) is 0 Å². The maximum Gasteiger partial charge on any atom is -0.0230 e. The second kappa shape index (κ2) is 2.15. The van der Waals surface area contributed by atoms with Crippen molar-refractivity contribution in [2.45, 2.75) is 40.5 Å². The van der Waals surface area contributed by atoms with E-state index >= 15 is 0 Å². The van der Waals surface area contributed by atoms with Gasteiger partial charge in [-0.15, -0.1) is 0 Å². The average Bonchev–Trinajstić information content (AvgIpc) is 2.31. The van der Waals surface area contributed by atoms with E-state index in [1.165, 1.54) is 12.3 Å². The molecule has 6 unspecified atom stereocenters. The highest BCUT2D eigenvalue weighted by Crippen LogP contribution is 2.85. The Hall–Kier alpha value is 0. The quantitative estimate of drug-likeness (QED) is 0.606. The molecule has 0 nitrogen and oxygen atoms in total. The smallest absolute Gasteiger partial charge is 0.0230 e. The Kier molecular flexibility index (Phi) is 1.37. The first kappa shape index (κ1) is 8.32. The summed E-state index contributed by atoms with van der Waals surface area (Å²) in [6.45, 7) is 9.82. The van der Waals surface area contributed by atoms with Crippen molar-refractivity contribution in [1.82, 2.24) is 0 Å². The van der Waals surface area contributed by atoms with Gasteiger partial charge in [0.2, 0.25) is 0 Å². The molecule has 5 rings (SSSR count). The zero-order valence-corrected chi connectivity index (χ0v) is 9.38. The van der Waals surface area contributed by atoms with Crippen molar-refractivity contribution in [2.75, 3.05) is 0 Å². The van der Waals surface area contributed by atoms with Crippen LogP contribution in [0.5, 0.6) is 0 Å². The van der Waals surface area contributed by atoms with Crippen molar-refractivity contribution in [1.29, 1.82) is 0 Å². The first-order valence-corrected chi connectivity index (χ1v) is 6.13. The third kappa shape index (κ3) is 0.620. The minimum atomic E-state index is 0.860. The molecule has 0 aliphatic heterocycles. The van der Waals surface area contributed by atoms with Crippen LogP contribution in [0.15, 0.2) is 0 Å². The van der Waals surface area contributed by atoms with Gasteiger partial charge in [-0.05, 0) is 53.8 Å². The van der Waals surface area contributed by atoms with Crippen LogP contribution in [-0.4, -0.2) is 0 Å². The van der Waals surface area contributed by atoms with Crippen molar-refractivity contribution in [3.05, 3.63) is 0 Å².